The van der Waals surface area contributed by atoms with E-state index in [2.05, 4.69) is 39.3 Å². The van der Waals surface area contributed by atoms with E-state index in [-0.39, 0.29) is 0 Å². The largest absolute Gasteiger partial charge is 0.358 e. The summed E-state index contributed by atoms with van der Waals surface area (Å²) in [6, 6.07) is 2.51. The van der Waals surface area contributed by atoms with Gasteiger partial charge in [-0.2, -0.15) is 4.98 Å². The molecular weight excluding hydrogens is 216 g/mol. The smallest absolute Gasteiger partial charge is 0.239 e. The zero-order chi connectivity index (χ0) is 12.3. The molecule has 2 heterocycles. The molecule has 1 aliphatic heterocycles. The van der Waals surface area contributed by atoms with Crippen molar-refractivity contribution in [2.45, 2.75) is 18.9 Å². The fraction of sp³-hybridized carbons (Fsp3) is 0.636. The minimum Gasteiger partial charge on any atom is -0.358 e. The van der Waals surface area contributed by atoms with Gasteiger partial charge in [-0.05, 0) is 32.5 Å². The van der Waals surface area contributed by atoms with Crippen molar-refractivity contribution in [3.05, 3.63) is 12.3 Å². The molecule has 94 valence electrons. The summed E-state index contributed by atoms with van der Waals surface area (Å²) in [5.41, 5.74) is 2.47. The second-order valence-electron chi connectivity index (χ2n) is 4.54. The minimum absolute atomic E-state index is 0.453. The van der Waals surface area contributed by atoms with Gasteiger partial charge in [-0.15, -0.1) is 0 Å². The Balaban J connectivity index is 2.00. The minimum atomic E-state index is 0.453. The van der Waals surface area contributed by atoms with Crippen molar-refractivity contribution in [1.82, 2.24) is 14.9 Å². The molecule has 17 heavy (non-hydrogen) atoms. The summed E-state index contributed by atoms with van der Waals surface area (Å²) in [4.78, 5) is 12.9. The van der Waals surface area contributed by atoms with Crippen LogP contribution in [0.2, 0.25) is 0 Å². The van der Waals surface area contributed by atoms with Crippen LogP contribution in [0, 0.1) is 0 Å². The van der Waals surface area contributed by atoms with E-state index in [9.17, 15) is 0 Å². The van der Waals surface area contributed by atoms with Gasteiger partial charge in [-0.1, -0.05) is 0 Å². The highest BCUT2D eigenvalue weighted by Gasteiger charge is 2.22. The molecule has 1 aromatic rings. The van der Waals surface area contributed by atoms with Gasteiger partial charge in [0.2, 0.25) is 5.95 Å². The van der Waals surface area contributed by atoms with Crippen molar-refractivity contribution in [3.8, 4) is 0 Å². The van der Waals surface area contributed by atoms with Crippen LogP contribution in [-0.4, -0.2) is 48.1 Å². The second kappa shape index (κ2) is 5.29. The lowest BCUT2D eigenvalue weighted by Crippen LogP contribution is -2.37. The molecule has 0 amide bonds. The van der Waals surface area contributed by atoms with Crippen molar-refractivity contribution in [2.75, 3.05) is 37.5 Å². The van der Waals surface area contributed by atoms with Crippen molar-refractivity contribution in [3.63, 3.8) is 0 Å². The molecule has 6 nitrogen and oxygen atoms in total. The molecule has 1 unspecified atom stereocenters. The molecule has 1 fully saturated rings. The quantitative estimate of drug-likeness (QED) is 0.578. The number of hydrogen-bond acceptors (Lipinski definition) is 6. The van der Waals surface area contributed by atoms with Gasteiger partial charge < -0.3 is 9.80 Å². The molecule has 2 rings (SSSR count). The third-order valence-corrected chi connectivity index (χ3v) is 3.32. The monoisotopic (exact) mass is 236 g/mol. The summed E-state index contributed by atoms with van der Waals surface area (Å²) in [5, 5.41) is 0. The first-order valence-corrected chi connectivity index (χ1v) is 5.91. The fourth-order valence-corrected chi connectivity index (χ4v) is 2.25. The van der Waals surface area contributed by atoms with E-state index in [1.54, 1.807) is 6.20 Å². The summed E-state index contributed by atoms with van der Waals surface area (Å²) in [5.74, 6) is 6.65. The lowest BCUT2D eigenvalue weighted by molar-refractivity contribution is 0.314. The van der Waals surface area contributed by atoms with Crippen LogP contribution in [0.1, 0.15) is 12.8 Å². The molecule has 0 aliphatic carbocycles. The van der Waals surface area contributed by atoms with Crippen LogP contribution < -0.4 is 16.2 Å². The highest BCUT2D eigenvalue weighted by atomic mass is 15.3. The van der Waals surface area contributed by atoms with E-state index >= 15 is 0 Å². The van der Waals surface area contributed by atoms with Crippen LogP contribution in [0.15, 0.2) is 12.3 Å². The Morgan fingerprint density at radius 2 is 2.47 bits per heavy atom. The third-order valence-electron chi connectivity index (χ3n) is 3.32. The number of hydrogen-bond donors (Lipinski definition) is 2. The van der Waals surface area contributed by atoms with E-state index in [4.69, 9.17) is 5.84 Å². The summed E-state index contributed by atoms with van der Waals surface area (Å²) >= 11 is 0. The molecule has 0 saturated carbocycles. The number of anilines is 2. The van der Waals surface area contributed by atoms with Crippen LogP contribution in [-0.2, 0) is 0 Å². The van der Waals surface area contributed by atoms with E-state index in [1.807, 2.05) is 6.07 Å². The highest BCUT2D eigenvalue weighted by molar-refractivity contribution is 5.41. The Hall–Kier alpha value is -1.40. The summed E-state index contributed by atoms with van der Waals surface area (Å²) in [7, 11) is 4.23. The van der Waals surface area contributed by atoms with Crippen LogP contribution in [0.4, 0.5) is 11.8 Å². The molecule has 1 atom stereocenters. The number of nitrogens with zero attached hydrogens (tertiary/aromatic N) is 4. The van der Waals surface area contributed by atoms with Crippen LogP contribution in [0.5, 0.6) is 0 Å². The Morgan fingerprint density at radius 1 is 1.65 bits per heavy atom. The molecule has 0 aromatic carbocycles. The maximum atomic E-state index is 5.30. The van der Waals surface area contributed by atoms with Gasteiger partial charge in [0.05, 0.1) is 0 Å². The van der Waals surface area contributed by atoms with Crippen molar-refractivity contribution >= 4 is 11.8 Å². The van der Waals surface area contributed by atoms with Gasteiger partial charge >= 0.3 is 0 Å². The first-order chi connectivity index (χ1) is 8.20. The zero-order valence-electron chi connectivity index (χ0n) is 10.4. The normalized spacial score (nSPS) is 20.5. The first kappa shape index (κ1) is 12.1. The topological polar surface area (TPSA) is 70.3 Å². The molecule has 1 saturated heterocycles. The van der Waals surface area contributed by atoms with Gasteiger partial charge in [0, 0.05) is 25.8 Å². The van der Waals surface area contributed by atoms with E-state index in [0.29, 0.717) is 12.0 Å². The van der Waals surface area contributed by atoms with Crippen LogP contribution >= 0.6 is 0 Å². The number of nitrogen functional groups attached to an aromatic ring is 1. The summed E-state index contributed by atoms with van der Waals surface area (Å²) in [6.07, 6.45) is 4.26. The van der Waals surface area contributed by atoms with Gasteiger partial charge in [-0.25, -0.2) is 10.8 Å². The number of aromatic nitrogens is 2. The lowest BCUT2D eigenvalue weighted by atomic mass is 10.2. The molecule has 6 heteroatoms. The predicted octanol–water partition coefficient (Wildman–Crippen LogP) is 0.293. The number of nitrogens with one attached hydrogen (secondary N) is 1. The predicted molar refractivity (Wildman–Crippen MR) is 68.8 cm³/mol. The Morgan fingerprint density at radius 3 is 3.12 bits per heavy atom. The molecule has 3 N–H and O–H groups in total. The van der Waals surface area contributed by atoms with Gasteiger partial charge in [0.15, 0.2) is 0 Å². The molecule has 0 radical (unpaired) electrons. The van der Waals surface area contributed by atoms with Crippen LogP contribution in [0.3, 0.4) is 0 Å². The third kappa shape index (κ3) is 2.83. The summed E-state index contributed by atoms with van der Waals surface area (Å²) in [6.45, 7) is 2.18. The lowest BCUT2D eigenvalue weighted by Gasteiger charge is -2.26. The Bertz CT molecular complexity index is 369. The van der Waals surface area contributed by atoms with Crippen molar-refractivity contribution in [1.29, 1.82) is 0 Å². The average molecular weight is 236 g/mol. The number of hydrazine groups is 1. The maximum absolute atomic E-state index is 5.30. The maximum Gasteiger partial charge on any atom is 0.239 e. The molecule has 1 aliphatic rings. The van der Waals surface area contributed by atoms with Gasteiger partial charge in [0.25, 0.3) is 0 Å². The van der Waals surface area contributed by atoms with Crippen molar-refractivity contribution in [2.24, 2.45) is 5.84 Å². The standard InChI is InChI=1S/C11H20N6/c1-16-7-3-4-9(16)8-17(2)10-5-6-13-11(14-10)15-12/h5-6,9H,3-4,7-8,12H2,1-2H3,(H,13,14,15). The van der Waals surface area contributed by atoms with E-state index in [1.165, 1.54) is 19.4 Å². The average Bonchev–Trinajstić information content (AvgIpc) is 2.75. The van der Waals surface area contributed by atoms with Gasteiger partial charge in [0.1, 0.15) is 5.82 Å². The molecule has 0 bridgehead atoms. The van der Waals surface area contributed by atoms with Crippen LogP contribution in [0.25, 0.3) is 0 Å². The van der Waals surface area contributed by atoms with E-state index in [0.717, 1.165) is 12.4 Å². The number of rotatable bonds is 4. The highest BCUT2D eigenvalue weighted by Crippen LogP contribution is 2.18. The Kier molecular flexibility index (Phi) is 3.75. The Labute approximate surface area is 102 Å². The summed E-state index contributed by atoms with van der Waals surface area (Å²) < 4.78 is 0. The zero-order valence-corrected chi connectivity index (χ0v) is 10.4. The number of nitrogens with two attached hydrogens (primary N) is 1. The molecule has 0 spiro atoms. The number of likely N-dealkylation sites (tertiary alicyclic amines) is 1. The fourth-order valence-electron chi connectivity index (χ4n) is 2.25. The van der Waals surface area contributed by atoms with Crippen molar-refractivity contribution < 1.29 is 0 Å². The van der Waals surface area contributed by atoms with E-state index < -0.39 is 0 Å². The molecule has 1 aromatic heterocycles. The second-order valence-corrected chi connectivity index (χ2v) is 4.54. The van der Waals surface area contributed by atoms with Gasteiger partial charge in [-0.3, -0.25) is 5.43 Å². The first-order valence-electron chi connectivity index (χ1n) is 5.91. The number of likely N-dealkylation sites (N-methyl/N-ethyl adjacent to an activating group) is 2. The molecular formula is C11H20N6. The SMILES string of the molecule is CN(CC1CCCN1C)c1ccnc(NN)n1.